The van der Waals surface area contributed by atoms with Gasteiger partial charge in [-0.3, -0.25) is 4.90 Å². The van der Waals surface area contributed by atoms with E-state index in [1.54, 1.807) is 14.2 Å². The van der Waals surface area contributed by atoms with Crippen LogP contribution in [-0.4, -0.2) is 49.8 Å². The van der Waals surface area contributed by atoms with Crippen molar-refractivity contribution < 1.29 is 31.8 Å². The number of carbonyl (C=O) groups is 1. The number of hydrogen-bond acceptors (Lipinski definition) is 4. The number of anilines is 1. The van der Waals surface area contributed by atoms with Crippen LogP contribution in [0.1, 0.15) is 50.7 Å². The second-order valence-electron chi connectivity index (χ2n) is 10.1. The molecule has 1 heterocycles. The maximum Gasteiger partial charge on any atom is 0.419 e. The average Bonchev–Trinajstić information content (AvgIpc) is 3.24. The van der Waals surface area contributed by atoms with Crippen molar-refractivity contribution in [3.63, 3.8) is 0 Å². The van der Waals surface area contributed by atoms with E-state index in [2.05, 4.69) is 35.4 Å². The molecule has 1 saturated heterocycles. The van der Waals surface area contributed by atoms with Gasteiger partial charge in [-0.2, -0.15) is 13.2 Å². The Bertz CT molecular complexity index is 1140. The minimum Gasteiger partial charge on any atom is -0.493 e. The molecule has 3 atom stereocenters. The molecule has 1 aliphatic carbocycles. The van der Waals surface area contributed by atoms with Crippen LogP contribution in [0.15, 0.2) is 36.4 Å². The van der Waals surface area contributed by atoms with Crippen molar-refractivity contribution in [2.45, 2.75) is 69.2 Å². The Morgan fingerprint density at radius 3 is 2.49 bits per heavy atom. The molecule has 2 aliphatic rings. The summed E-state index contributed by atoms with van der Waals surface area (Å²) in [7, 11) is 3.21. The van der Waals surface area contributed by atoms with E-state index in [-0.39, 0.29) is 17.5 Å². The summed E-state index contributed by atoms with van der Waals surface area (Å²) in [5.74, 6) is -0.173. The number of urea groups is 1. The molecule has 0 spiro atoms. The number of likely N-dealkylation sites (tertiary alicyclic amines) is 1. The number of fused-ring (bicyclic) bond motifs is 1. The van der Waals surface area contributed by atoms with E-state index in [4.69, 9.17) is 9.47 Å². The standard InChI is InChI=1S/C27H33F4N3O3/c1-16(2)34-13-12-26(17-8-9-21(36-3)22(14-17)37-4)11-10-18(15-23(26)34)32-25(35)33-20-7-5-6-19(24(20)28)27(29,30)31/h5-9,14,16,18,23H,10-13,15H2,1-4H3,(H2,32,33,35)/t18-,23+,26+/m1/s1. The largest absolute Gasteiger partial charge is 0.493 e. The van der Waals surface area contributed by atoms with Gasteiger partial charge in [0.1, 0.15) is 0 Å². The molecule has 0 unspecified atom stereocenters. The lowest BCUT2D eigenvalue weighted by Crippen LogP contribution is -2.54. The lowest BCUT2D eigenvalue weighted by Gasteiger charge is -2.46. The molecule has 6 nitrogen and oxygen atoms in total. The van der Waals surface area contributed by atoms with Crippen molar-refractivity contribution >= 4 is 11.7 Å². The molecule has 1 aliphatic heterocycles. The first-order valence-electron chi connectivity index (χ1n) is 12.4. The zero-order valence-corrected chi connectivity index (χ0v) is 21.4. The first-order valence-corrected chi connectivity index (χ1v) is 12.4. The summed E-state index contributed by atoms with van der Waals surface area (Å²) in [4.78, 5) is 15.1. The average molecular weight is 524 g/mol. The monoisotopic (exact) mass is 523 g/mol. The molecule has 4 rings (SSSR count). The number of hydrogen-bond donors (Lipinski definition) is 2. The quantitative estimate of drug-likeness (QED) is 0.459. The molecule has 2 fully saturated rings. The van der Waals surface area contributed by atoms with E-state index in [0.29, 0.717) is 36.4 Å². The van der Waals surface area contributed by atoms with E-state index in [1.807, 2.05) is 12.1 Å². The Hall–Kier alpha value is -3.01. The molecular formula is C27H33F4N3O3. The zero-order chi connectivity index (χ0) is 27.0. The van der Waals surface area contributed by atoms with Gasteiger partial charge in [0.25, 0.3) is 0 Å². The number of halogens is 4. The van der Waals surface area contributed by atoms with Gasteiger partial charge in [-0.15, -0.1) is 0 Å². The fraction of sp³-hybridized carbons (Fsp3) is 0.519. The van der Waals surface area contributed by atoms with Crippen molar-refractivity contribution in [1.29, 1.82) is 0 Å². The van der Waals surface area contributed by atoms with Crippen LogP contribution in [0, 0.1) is 5.82 Å². The number of nitrogens with one attached hydrogen (secondary N) is 2. The number of nitrogens with zero attached hydrogens (tertiary/aromatic N) is 1. The highest BCUT2D eigenvalue weighted by Gasteiger charge is 2.52. The number of amides is 2. The number of rotatable bonds is 6. The van der Waals surface area contributed by atoms with Crippen LogP contribution < -0.4 is 20.1 Å². The molecule has 202 valence electrons. The van der Waals surface area contributed by atoms with Crippen LogP contribution in [0.4, 0.5) is 28.0 Å². The summed E-state index contributed by atoms with van der Waals surface area (Å²) in [5.41, 5.74) is -0.896. The van der Waals surface area contributed by atoms with Crippen LogP contribution in [-0.2, 0) is 11.6 Å². The Labute approximate surface area is 214 Å². The number of carbonyl (C=O) groups excluding carboxylic acids is 1. The SMILES string of the molecule is COc1ccc([C@@]23CC[C@@H](NC(=O)Nc4cccc(C(F)(F)F)c4F)C[C@@H]2N(C(C)C)CC3)cc1OC. The predicted molar refractivity (Wildman–Crippen MR) is 133 cm³/mol. The van der Waals surface area contributed by atoms with Gasteiger partial charge in [-0.1, -0.05) is 12.1 Å². The molecule has 2 N–H and O–H groups in total. The third kappa shape index (κ3) is 5.21. The molecule has 0 aromatic heterocycles. The lowest BCUT2D eigenvalue weighted by molar-refractivity contribution is -0.139. The zero-order valence-electron chi connectivity index (χ0n) is 21.4. The molecule has 0 bridgehead atoms. The Balaban J connectivity index is 1.53. The van der Waals surface area contributed by atoms with Crippen molar-refractivity contribution in [2.24, 2.45) is 0 Å². The van der Waals surface area contributed by atoms with E-state index < -0.39 is 29.3 Å². The fourth-order valence-electron chi connectivity index (χ4n) is 6.01. The minimum absolute atomic E-state index is 0.133. The van der Waals surface area contributed by atoms with Gasteiger partial charge in [-0.25, -0.2) is 9.18 Å². The summed E-state index contributed by atoms with van der Waals surface area (Å²) < 4.78 is 64.5. The molecule has 10 heteroatoms. The van der Waals surface area contributed by atoms with Gasteiger partial charge in [0.15, 0.2) is 17.3 Å². The maximum absolute atomic E-state index is 14.4. The normalized spacial score (nSPS) is 24.0. The summed E-state index contributed by atoms with van der Waals surface area (Å²) in [5, 5.41) is 5.13. The van der Waals surface area contributed by atoms with Crippen molar-refractivity contribution in [1.82, 2.24) is 10.2 Å². The first-order chi connectivity index (χ1) is 17.5. The Kier molecular flexibility index (Phi) is 7.60. The second-order valence-corrected chi connectivity index (χ2v) is 10.1. The molecule has 37 heavy (non-hydrogen) atoms. The molecule has 0 radical (unpaired) electrons. The van der Waals surface area contributed by atoms with Crippen LogP contribution in [0.3, 0.4) is 0 Å². The van der Waals surface area contributed by atoms with E-state index in [1.165, 1.54) is 0 Å². The van der Waals surface area contributed by atoms with Crippen LogP contribution in [0.2, 0.25) is 0 Å². The molecule has 1 saturated carbocycles. The van der Waals surface area contributed by atoms with Crippen LogP contribution in [0.5, 0.6) is 11.5 Å². The third-order valence-corrected chi connectivity index (χ3v) is 7.81. The summed E-state index contributed by atoms with van der Waals surface area (Å²) in [6, 6.07) is 8.34. The number of methoxy groups -OCH3 is 2. The van der Waals surface area contributed by atoms with E-state index in [0.717, 1.165) is 37.1 Å². The van der Waals surface area contributed by atoms with Gasteiger partial charge >= 0.3 is 12.2 Å². The number of benzene rings is 2. The van der Waals surface area contributed by atoms with Crippen molar-refractivity contribution in [3.05, 3.63) is 53.3 Å². The van der Waals surface area contributed by atoms with Gasteiger partial charge in [0, 0.05) is 23.5 Å². The summed E-state index contributed by atoms with van der Waals surface area (Å²) >= 11 is 0. The summed E-state index contributed by atoms with van der Waals surface area (Å²) in [6.07, 6.45) is -1.75. The van der Waals surface area contributed by atoms with Gasteiger partial charge < -0.3 is 20.1 Å². The predicted octanol–water partition coefficient (Wildman–Crippen LogP) is 5.96. The third-order valence-electron chi connectivity index (χ3n) is 7.81. The molecule has 2 amide bonds. The fourth-order valence-corrected chi connectivity index (χ4v) is 6.01. The molecule has 2 aromatic carbocycles. The molecular weight excluding hydrogens is 490 g/mol. The highest BCUT2D eigenvalue weighted by Crippen LogP contribution is 2.51. The van der Waals surface area contributed by atoms with Crippen LogP contribution in [0.25, 0.3) is 0 Å². The highest BCUT2D eigenvalue weighted by molar-refractivity contribution is 5.89. The summed E-state index contributed by atoms with van der Waals surface area (Å²) in [6.45, 7) is 5.20. The Morgan fingerprint density at radius 1 is 1.11 bits per heavy atom. The number of alkyl halides is 3. The minimum atomic E-state index is -4.85. The van der Waals surface area contributed by atoms with Crippen molar-refractivity contribution in [3.8, 4) is 11.5 Å². The van der Waals surface area contributed by atoms with E-state index >= 15 is 0 Å². The lowest BCUT2D eigenvalue weighted by atomic mass is 9.65. The topological polar surface area (TPSA) is 62.8 Å². The van der Waals surface area contributed by atoms with Crippen molar-refractivity contribution in [2.75, 3.05) is 26.1 Å². The van der Waals surface area contributed by atoms with E-state index in [9.17, 15) is 22.4 Å². The highest BCUT2D eigenvalue weighted by atomic mass is 19.4. The molecule has 2 aromatic rings. The first kappa shape index (κ1) is 27.0. The Morgan fingerprint density at radius 2 is 1.84 bits per heavy atom. The van der Waals surface area contributed by atoms with Gasteiger partial charge in [-0.05, 0) is 75.9 Å². The maximum atomic E-state index is 14.4. The smallest absolute Gasteiger partial charge is 0.419 e. The number of ether oxygens (including phenoxy) is 2. The second kappa shape index (κ2) is 10.4. The van der Waals surface area contributed by atoms with Crippen LogP contribution >= 0.6 is 0 Å². The van der Waals surface area contributed by atoms with Gasteiger partial charge in [0.05, 0.1) is 25.5 Å². The van der Waals surface area contributed by atoms with Gasteiger partial charge in [0.2, 0.25) is 0 Å².